The number of nitrogens with zero attached hydrogens (tertiary/aromatic N) is 3. The second kappa shape index (κ2) is 5.58. The molecule has 8 heteroatoms. The molecule has 0 atom stereocenters. The summed E-state index contributed by atoms with van der Waals surface area (Å²) in [5.41, 5.74) is -0.321. The number of nitro groups is 1. The monoisotopic (exact) mass is 254 g/mol. The Bertz CT molecular complexity index is 434. The molecule has 1 saturated heterocycles. The Morgan fingerprint density at radius 2 is 2.06 bits per heavy atom. The van der Waals surface area contributed by atoms with E-state index in [-0.39, 0.29) is 23.6 Å². The second-order valence-corrected chi connectivity index (χ2v) is 3.86. The fourth-order valence-electron chi connectivity index (χ4n) is 1.81. The van der Waals surface area contributed by atoms with Gasteiger partial charge in [-0.15, -0.1) is 0 Å². The highest BCUT2D eigenvalue weighted by Crippen LogP contribution is 2.33. The number of hydrogen-bond acceptors (Lipinski definition) is 7. The van der Waals surface area contributed by atoms with Gasteiger partial charge in [0.25, 0.3) is 0 Å². The first-order chi connectivity index (χ1) is 8.72. The maximum Gasteiger partial charge on any atom is 0.392 e. The number of aromatic nitrogens is 2. The van der Waals surface area contributed by atoms with Crippen LogP contribution in [0.1, 0.15) is 12.8 Å². The summed E-state index contributed by atoms with van der Waals surface area (Å²) in [5, 5.41) is 14.2. The third kappa shape index (κ3) is 2.65. The lowest BCUT2D eigenvalue weighted by Crippen LogP contribution is -2.34. The van der Waals surface area contributed by atoms with Crippen molar-refractivity contribution in [3.8, 4) is 11.8 Å². The van der Waals surface area contributed by atoms with Crippen molar-refractivity contribution in [2.75, 3.05) is 20.2 Å². The van der Waals surface area contributed by atoms with E-state index in [9.17, 15) is 10.1 Å². The first-order valence-corrected chi connectivity index (χ1v) is 5.63. The molecular weight excluding hydrogens is 240 g/mol. The van der Waals surface area contributed by atoms with Crippen molar-refractivity contribution in [3.63, 3.8) is 0 Å². The van der Waals surface area contributed by atoms with Gasteiger partial charge in [0, 0.05) is 0 Å². The van der Waals surface area contributed by atoms with E-state index in [0.717, 1.165) is 25.9 Å². The standard InChI is InChI=1S/C10H14N4O4/c1-17-9-8(14(15)16)10(13-6-12-9)18-7-2-4-11-5-3-7/h6-7,11H,2-5H2,1H3. The van der Waals surface area contributed by atoms with Crippen molar-refractivity contribution in [3.05, 3.63) is 16.4 Å². The van der Waals surface area contributed by atoms with Gasteiger partial charge in [0.1, 0.15) is 12.4 Å². The molecule has 0 bridgehead atoms. The van der Waals surface area contributed by atoms with Crippen molar-refractivity contribution >= 4 is 5.69 Å². The highest BCUT2D eigenvalue weighted by atomic mass is 16.6. The molecule has 1 aliphatic rings. The summed E-state index contributed by atoms with van der Waals surface area (Å²) in [5.74, 6) is -0.113. The van der Waals surface area contributed by atoms with Crippen molar-refractivity contribution in [2.24, 2.45) is 0 Å². The minimum Gasteiger partial charge on any atom is -0.476 e. The lowest BCUT2D eigenvalue weighted by atomic mass is 10.1. The number of hydrogen-bond donors (Lipinski definition) is 1. The van der Waals surface area contributed by atoms with Gasteiger partial charge >= 0.3 is 17.4 Å². The van der Waals surface area contributed by atoms with E-state index in [1.807, 2.05) is 0 Å². The number of rotatable bonds is 4. The first kappa shape index (κ1) is 12.5. The van der Waals surface area contributed by atoms with Crippen LogP contribution < -0.4 is 14.8 Å². The van der Waals surface area contributed by atoms with E-state index >= 15 is 0 Å². The van der Waals surface area contributed by atoms with E-state index in [0.29, 0.717) is 0 Å². The maximum absolute atomic E-state index is 11.0. The quantitative estimate of drug-likeness (QED) is 0.617. The average Bonchev–Trinajstić information content (AvgIpc) is 2.39. The summed E-state index contributed by atoms with van der Waals surface area (Å²) in [6.45, 7) is 1.67. The molecule has 0 unspecified atom stereocenters. The van der Waals surface area contributed by atoms with E-state index in [2.05, 4.69) is 15.3 Å². The summed E-state index contributed by atoms with van der Waals surface area (Å²) in [6, 6.07) is 0. The molecule has 2 rings (SSSR count). The Kier molecular flexibility index (Phi) is 3.88. The molecule has 0 spiro atoms. The molecule has 18 heavy (non-hydrogen) atoms. The molecule has 98 valence electrons. The Balaban J connectivity index is 2.23. The zero-order valence-corrected chi connectivity index (χ0v) is 9.96. The van der Waals surface area contributed by atoms with Crippen LogP contribution in [-0.2, 0) is 0 Å². The van der Waals surface area contributed by atoms with E-state index in [1.165, 1.54) is 13.4 Å². The van der Waals surface area contributed by atoms with Crippen LogP contribution in [0.25, 0.3) is 0 Å². The maximum atomic E-state index is 11.0. The van der Waals surface area contributed by atoms with Crippen LogP contribution in [0.15, 0.2) is 6.33 Å². The van der Waals surface area contributed by atoms with E-state index in [4.69, 9.17) is 9.47 Å². The van der Waals surface area contributed by atoms with Crippen LogP contribution >= 0.6 is 0 Å². The molecule has 0 radical (unpaired) electrons. The summed E-state index contributed by atoms with van der Waals surface area (Å²) < 4.78 is 10.4. The van der Waals surface area contributed by atoms with Crippen LogP contribution in [-0.4, -0.2) is 41.2 Å². The van der Waals surface area contributed by atoms with Gasteiger partial charge in [-0.05, 0) is 25.9 Å². The Morgan fingerprint density at radius 3 is 2.67 bits per heavy atom. The average molecular weight is 254 g/mol. The molecule has 1 aromatic rings. The Labute approximate surface area is 103 Å². The summed E-state index contributed by atoms with van der Waals surface area (Å²) >= 11 is 0. The smallest absolute Gasteiger partial charge is 0.392 e. The van der Waals surface area contributed by atoms with Gasteiger partial charge in [-0.2, -0.15) is 9.97 Å². The topological polar surface area (TPSA) is 99.4 Å². The predicted molar refractivity (Wildman–Crippen MR) is 61.8 cm³/mol. The van der Waals surface area contributed by atoms with Gasteiger partial charge in [-0.3, -0.25) is 10.1 Å². The van der Waals surface area contributed by atoms with Gasteiger partial charge in [0.15, 0.2) is 0 Å². The molecule has 1 N–H and O–H groups in total. The van der Waals surface area contributed by atoms with Crippen LogP contribution in [0.5, 0.6) is 11.8 Å². The summed E-state index contributed by atoms with van der Waals surface area (Å²) in [4.78, 5) is 17.9. The molecule has 8 nitrogen and oxygen atoms in total. The molecule has 0 aliphatic carbocycles. The van der Waals surface area contributed by atoms with E-state index in [1.54, 1.807) is 0 Å². The number of ether oxygens (including phenoxy) is 2. The van der Waals surface area contributed by atoms with Gasteiger partial charge in [-0.1, -0.05) is 0 Å². The van der Waals surface area contributed by atoms with Crippen LogP contribution in [0.3, 0.4) is 0 Å². The largest absolute Gasteiger partial charge is 0.476 e. The predicted octanol–water partition coefficient (Wildman–Crippen LogP) is 0.524. The third-order valence-electron chi connectivity index (χ3n) is 2.70. The highest BCUT2D eigenvalue weighted by Gasteiger charge is 2.28. The van der Waals surface area contributed by atoms with Crippen LogP contribution in [0.2, 0.25) is 0 Å². The van der Waals surface area contributed by atoms with Crippen LogP contribution in [0.4, 0.5) is 5.69 Å². The lowest BCUT2D eigenvalue weighted by molar-refractivity contribution is -0.387. The molecule has 1 aliphatic heterocycles. The molecule has 1 fully saturated rings. The molecule has 1 aromatic heterocycles. The number of methoxy groups -OCH3 is 1. The number of nitrogens with one attached hydrogen (secondary N) is 1. The fourth-order valence-corrected chi connectivity index (χ4v) is 1.81. The Morgan fingerprint density at radius 1 is 1.39 bits per heavy atom. The minimum absolute atomic E-state index is 0.0289. The second-order valence-electron chi connectivity index (χ2n) is 3.86. The number of piperidine rings is 1. The van der Waals surface area contributed by atoms with Crippen molar-refractivity contribution < 1.29 is 14.4 Å². The lowest BCUT2D eigenvalue weighted by Gasteiger charge is -2.22. The SMILES string of the molecule is COc1ncnc(OC2CCNCC2)c1[N+](=O)[O-]. The fraction of sp³-hybridized carbons (Fsp3) is 0.600. The first-order valence-electron chi connectivity index (χ1n) is 5.63. The minimum atomic E-state index is -0.588. The Hall–Kier alpha value is -1.96. The van der Waals surface area contributed by atoms with Gasteiger partial charge in [0.05, 0.1) is 12.0 Å². The molecule has 2 heterocycles. The molecule has 0 amide bonds. The molecular formula is C10H14N4O4. The van der Waals surface area contributed by atoms with Gasteiger partial charge in [-0.25, -0.2) is 0 Å². The molecule has 0 saturated carbocycles. The summed E-state index contributed by atoms with van der Waals surface area (Å²) in [6.07, 6.45) is 2.72. The summed E-state index contributed by atoms with van der Waals surface area (Å²) in [7, 11) is 1.32. The zero-order valence-electron chi connectivity index (χ0n) is 9.96. The van der Waals surface area contributed by atoms with Crippen LogP contribution in [0, 0.1) is 10.1 Å². The zero-order chi connectivity index (χ0) is 13.0. The van der Waals surface area contributed by atoms with Gasteiger partial charge < -0.3 is 14.8 Å². The van der Waals surface area contributed by atoms with Crippen molar-refractivity contribution in [2.45, 2.75) is 18.9 Å². The normalized spacial score (nSPS) is 16.3. The van der Waals surface area contributed by atoms with Gasteiger partial charge in [0.2, 0.25) is 0 Å². The third-order valence-corrected chi connectivity index (χ3v) is 2.70. The van der Waals surface area contributed by atoms with Crippen molar-refractivity contribution in [1.82, 2.24) is 15.3 Å². The molecule has 0 aromatic carbocycles. The van der Waals surface area contributed by atoms with E-state index < -0.39 is 4.92 Å². The van der Waals surface area contributed by atoms with Crippen molar-refractivity contribution in [1.29, 1.82) is 0 Å². The highest BCUT2D eigenvalue weighted by molar-refractivity contribution is 5.49.